The third-order valence-corrected chi connectivity index (χ3v) is 18.8. The van der Waals surface area contributed by atoms with Crippen LogP contribution in [0.2, 0.25) is 0 Å². The van der Waals surface area contributed by atoms with Gasteiger partial charge in [0, 0.05) is 50.9 Å². The number of fused-ring (bicyclic) bond motifs is 7. The number of hydrogen-bond acceptors (Lipinski definition) is 18. The van der Waals surface area contributed by atoms with Crippen molar-refractivity contribution in [3.8, 4) is 0 Å². The molecule has 69 heavy (non-hydrogen) atoms. The Bertz CT molecular complexity index is 1840. The first-order valence-electron chi connectivity index (χ1n) is 25.9. The average molecular weight is 981 g/mol. The third kappa shape index (κ3) is 9.04. The van der Waals surface area contributed by atoms with E-state index in [1.54, 1.807) is 0 Å². The molecule has 0 unspecified atom stereocenters. The van der Waals surface area contributed by atoms with Gasteiger partial charge in [0.25, 0.3) is 0 Å². The highest BCUT2D eigenvalue weighted by atomic mass is 16.8. The van der Waals surface area contributed by atoms with E-state index in [4.69, 9.17) is 47.4 Å². The number of carbonyl (C=O) groups excluding carboxylic acids is 3. The molecule has 0 radical (unpaired) electrons. The molecule has 10 aliphatic rings. The van der Waals surface area contributed by atoms with Gasteiger partial charge in [-0.3, -0.25) is 4.79 Å². The lowest BCUT2D eigenvalue weighted by atomic mass is 9.44. The first-order chi connectivity index (χ1) is 33.0. The molecule has 22 atom stereocenters. The van der Waals surface area contributed by atoms with E-state index >= 15 is 0 Å². The lowest BCUT2D eigenvalue weighted by molar-refractivity contribution is -0.364. The van der Waals surface area contributed by atoms with Crippen LogP contribution < -0.4 is 0 Å². The fourth-order valence-electron chi connectivity index (χ4n) is 15.1. The topological polar surface area (TPSA) is 251 Å². The van der Waals surface area contributed by atoms with Gasteiger partial charge in [-0.05, 0) is 85.4 Å². The number of hydrogen-bond donors (Lipinski definition) is 5. The van der Waals surface area contributed by atoms with Crippen LogP contribution in [0.15, 0.2) is 0 Å². The molecule has 0 aromatic carbocycles. The largest absolute Gasteiger partial charge is 0.446 e. The standard InChI is InChI=1S/C49H76N2O18/c1-25-7-10-49(63-23-25)26(2)35-32(69-49)20-30-29-6-5-27-19-28(8-9-47(27,3)36(29)31(53)21-48(30,35)4)64-43-39(56)37(54)41(33(22-52)65-43)67-44-40(57)38(55)42(68-46(59)51-13-17-61-18-14-51)34(66-44)24-62-45(58)50-11-15-60-16-12-50/h25-30,32-44,52,54-57H,5-24H2,1-4H3/t25-,26+,27+,28+,29+,30+,32+,33-,34-,35+,36-,37-,38-,39-,40-,41-,42-,43-,44+,47+,48+,49-/m1/s1. The minimum atomic E-state index is -1.87. The second-order valence-electron chi connectivity index (χ2n) is 22.6. The summed E-state index contributed by atoms with van der Waals surface area (Å²) in [5.41, 5.74) is -0.361. The molecule has 5 N–H and O–H groups in total. The minimum Gasteiger partial charge on any atom is -0.446 e. The number of aliphatic hydroxyl groups excluding tert-OH is 5. The van der Waals surface area contributed by atoms with Crippen LogP contribution in [0.3, 0.4) is 0 Å². The highest BCUT2D eigenvalue weighted by Gasteiger charge is 2.71. The number of Topliss-reactive ketones (excluding diaryl/α,β-unsaturated/α-hetero) is 1. The zero-order valence-corrected chi connectivity index (χ0v) is 40.5. The van der Waals surface area contributed by atoms with Crippen molar-refractivity contribution in [1.29, 1.82) is 0 Å². The van der Waals surface area contributed by atoms with Crippen LogP contribution in [-0.4, -0.2) is 205 Å². The van der Waals surface area contributed by atoms with Gasteiger partial charge in [0.1, 0.15) is 55.1 Å². The predicted molar refractivity (Wildman–Crippen MR) is 237 cm³/mol. The highest BCUT2D eigenvalue weighted by Crippen LogP contribution is 2.70. The second kappa shape index (κ2) is 19.8. The van der Waals surface area contributed by atoms with Crippen LogP contribution in [0, 0.1) is 52.3 Å². The molecule has 1 spiro atoms. The monoisotopic (exact) mass is 981 g/mol. The van der Waals surface area contributed by atoms with E-state index < -0.39 is 92.6 Å². The third-order valence-electron chi connectivity index (χ3n) is 18.8. The van der Waals surface area contributed by atoms with Gasteiger partial charge in [-0.25, -0.2) is 9.59 Å². The van der Waals surface area contributed by atoms with E-state index in [1.165, 1.54) is 9.80 Å². The quantitative estimate of drug-likeness (QED) is 0.217. The molecule has 4 saturated carbocycles. The van der Waals surface area contributed by atoms with Crippen molar-refractivity contribution in [3.05, 3.63) is 0 Å². The van der Waals surface area contributed by atoms with Crippen molar-refractivity contribution in [2.24, 2.45) is 52.3 Å². The summed E-state index contributed by atoms with van der Waals surface area (Å²) in [4.78, 5) is 43.6. The Balaban J connectivity index is 0.769. The molecule has 6 saturated heterocycles. The lowest BCUT2D eigenvalue weighted by Gasteiger charge is -2.60. The normalized spacial score (nSPS) is 49.9. The van der Waals surface area contributed by atoms with E-state index in [1.807, 2.05) is 0 Å². The number of ether oxygens (including phenoxy) is 10. The summed E-state index contributed by atoms with van der Waals surface area (Å²) >= 11 is 0. The summed E-state index contributed by atoms with van der Waals surface area (Å²) in [6.45, 7) is 10.9. The number of nitrogens with zero attached hydrogens (tertiary/aromatic N) is 2. The smallest absolute Gasteiger partial charge is 0.410 e. The molecule has 20 nitrogen and oxygen atoms in total. The molecule has 0 bridgehead atoms. The van der Waals surface area contributed by atoms with Gasteiger partial charge in [-0.2, -0.15) is 0 Å². The molecular formula is C49H76N2O18. The Morgan fingerprint density at radius 3 is 2.07 bits per heavy atom. The van der Waals surface area contributed by atoms with Crippen LogP contribution >= 0.6 is 0 Å². The van der Waals surface area contributed by atoms with Gasteiger partial charge >= 0.3 is 12.2 Å². The van der Waals surface area contributed by atoms with Gasteiger partial charge in [-0.15, -0.1) is 0 Å². The number of carbonyl (C=O) groups is 3. The highest BCUT2D eigenvalue weighted by molar-refractivity contribution is 5.84. The molecule has 10 rings (SSSR count). The summed E-state index contributed by atoms with van der Waals surface area (Å²) in [6.07, 6.45) is -10.2. The number of amides is 2. The van der Waals surface area contributed by atoms with Crippen molar-refractivity contribution in [1.82, 2.24) is 9.80 Å². The van der Waals surface area contributed by atoms with E-state index in [9.17, 15) is 39.9 Å². The molecule has 10 fully saturated rings. The van der Waals surface area contributed by atoms with Gasteiger partial charge in [-0.1, -0.05) is 27.7 Å². The summed E-state index contributed by atoms with van der Waals surface area (Å²) < 4.78 is 59.9. The van der Waals surface area contributed by atoms with Crippen molar-refractivity contribution in [3.63, 3.8) is 0 Å². The predicted octanol–water partition coefficient (Wildman–Crippen LogP) is 1.57. The zero-order chi connectivity index (χ0) is 48.6. The van der Waals surface area contributed by atoms with E-state index in [2.05, 4.69) is 27.7 Å². The number of ketones is 1. The Kier molecular flexibility index (Phi) is 14.4. The minimum absolute atomic E-state index is 0.0560. The number of rotatable bonds is 8. The SMILES string of the molecule is C[C@@H]1CC[C@@]2(OC1)O[C@H]1C[C@H]3[C@@H]4CC[C@H]5C[C@@H](O[C@@H]6O[C@H](CO)[C@@H](O[C@@H]7O[C@H](COC(=O)N8CCOCC8)[C@@H](OC(=O)N8CCOCC8)[C@H](O)[C@H]7O)[C@H](O)[C@H]6O)CC[C@]5(C)[C@H]4C(=O)C[C@]3(C)[C@H]1[C@@H]2C. The Hall–Kier alpha value is -2.31. The second-order valence-corrected chi connectivity index (χ2v) is 22.6. The fraction of sp³-hybridized carbons (Fsp3) is 0.939. The summed E-state index contributed by atoms with van der Waals surface area (Å²) in [5, 5.41) is 56.5. The molecule has 20 heteroatoms. The van der Waals surface area contributed by atoms with Crippen LogP contribution in [0.1, 0.15) is 85.5 Å². The molecular weight excluding hydrogens is 905 g/mol. The Morgan fingerprint density at radius 2 is 1.41 bits per heavy atom. The fourth-order valence-corrected chi connectivity index (χ4v) is 15.1. The maximum Gasteiger partial charge on any atom is 0.410 e. The van der Waals surface area contributed by atoms with Crippen LogP contribution in [0.4, 0.5) is 9.59 Å². The maximum atomic E-state index is 14.6. The van der Waals surface area contributed by atoms with E-state index in [-0.39, 0.29) is 92.0 Å². The molecule has 390 valence electrons. The number of morpholine rings is 2. The van der Waals surface area contributed by atoms with Crippen molar-refractivity contribution in [2.45, 2.75) is 165 Å². The van der Waals surface area contributed by atoms with Crippen molar-refractivity contribution >= 4 is 18.0 Å². The first-order valence-corrected chi connectivity index (χ1v) is 25.9. The van der Waals surface area contributed by atoms with E-state index in [0.717, 1.165) is 38.5 Å². The Labute approximate surface area is 403 Å². The van der Waals surface area contributed by atoms with Crippen LogP contribution in [0.25, 0.3) is 0 Å². The van der Waals surface area contributed by atoms with Crippen LogP contribution in [0.5, 0.6) is 0 Å². The van der Waals surface area contributed by atoms with E-state index in [0.29, 0.717) is 56.7 Å². The van der Waals surface area contributed by atoms with Gasteiger partial charge in [0.2, 0.25) is 0 Å². The summed E-state index contributed by atoms with van der Waals surface area (Å²) in [7, 11) is 0. The molecule has 4 aliphatic carbocycles. The molecule has 2 amide bonds. The maximum absolute atomic E-state index is 14.6. The van der Waals surface area contributed by atoms with Gasteiger partial charge in [0.15, 0.2) is 24.5 Å². The van der Waals surface area contributed by atoms with Crippen molar-refractivity contribution < 1.29 is 87.3 Å². The average Bonchev–Trinajstić information content (AvgIpc) is 3.79. The molecule has 0 aromatic rings. The zero-order valence-electron chi connectivity index (χ0n) is 40.5. The van der Waals surface area contributed by atoms with Crippen LogP contribution in [-0.2, 0) is 52.2 Å². The van der Waals surface area contributed by atoms with Gasteiger partial charge < -0.3 is 82.7 Å². The first kappa shape index (κ1) is 50.2. The summed E-state index contributed by atoms with van der Waals surface area (Å²) in [6, 6.07) is 0. The Morgan fingerprint density at radius 1 is 0.754 bits per heavy atom. The molecule has 6 heterocycles. The van der Waals surface area contributed by atoms with Crippen molar-refractivity contribution in [2.75, 3.05) is 72.4 Å². The van der Waals surface area contributed by atoms with Gasteiger partial charge in [0.05, 0.1) is 51.8 Å². The summed E-state index contributed by atoms with van der Waals surface area (Å²) in [5.74, 6) is 1.67. The molecule has 0 aromatic heterocycles. The molecule has 6 aliphatic heterocycles. The number of aliphatic hydroxyl groups is 5. The lowest BCUT2D eigenvalue weighted by Crippen LogP contribution is -2.65.